The number of carbonyl (C=O) groups excluding carboxylic acids is 1. The third-order valence-electron chi connectivity index (χ3n) is 5.75. The van der Waals surface area contributed by atoms with E-state index in [1.165, 1.54) is 0 Å². The molecule has 0 aliphatic heterocycles. The van der Waals surface area contributed by atoms with Gasteiger partial charge in [0.15, 0.2) is 0 Å². The number of urea groups is 1. The quantitative estimate of drug-likeness (QED) is 0.342. The van der Waals surface area contributed by atoms with Gasteiger partial charge < -0.3 is 15.0 Å². The summed E-state index contributed by atoms with van der Waals surface area (Å²) >= 11 is 5.97. The molecule has 1 N–H and O–H groups in total. The van der Waals surface area contributed by atoms with Gasteiger partial charge in [-0.1, -0.05) is 35.9 Å². The highest BCUT2D eigenvalue weighted by atomic mass is 35.5. The van der Waals surface area contributed by atoms with Crippen LogP contribution in [0.4, 0.5) is 10.5 Å². The highest BCUT2D eigenvalue weighted by Crippen LogP contribution is 2.28. The lowest BCUT2D eigenvalue weighted by molar-refractivity contribution is 0.193. The first-order valence-electron chi connectivity index (χ1n) is 11.5. The monoisotopic (exact) mass is 490 g/mol. The Labute approximate surface area is 208 Å². The summed E-state index contributed by atoms with van der Waals surface area (Å²) in [6, 6.07) is 20.6. The highest BCUT2D eigenvalue weighted by molar-refractivity contribution is 6.30. The molecule has 0 saturated carbocycles. The van der Waals surface area contributed by atoms with Crippen molar-refractivity contribution in [2.24, 2.45) is 0 Å². The van der Waals surface area contributed by atoms with Gasteiger partial charge in [-0.3, -0.25) is 9.36 Å². The summed E-state index contributed by atoms with van der Waals surface area (Å²) in [5.74, 6) is 1.00. The minimum Gasteiger partial charge on any atom is -0.492 e. The summed E-state index contributed by atoms with van der Waals surface area (Å²) in [4.78, 5) is 33.5. The zero-order chi connectivity index (χ0) is 24.9. The van der Waals surface area contributed by atoms with Crippen molar-refractivity contribution in [2.75, 3.05) is 18.5 Å². The van der Waals surface area contributed by atoms with Crippen molar-refractivity contribution in [1.29, 1.82) is 0 Å². The van der Waals surface area contributed by atoms with Crippen molar-refractivity contribution in [3.63, 3.8) is 0 Å². The normalized spacial score (nSPS) is 11.8. The van der Waals surface area contributed by atoms with Gasteiger partial charge in [0, 0.05) is 17.3 Å². The molecular formula is C27H27ClN4O3. The number of amides is 2. The predicted molar refractivity (Wildman–Crippen MR) is 140 cm³/mol. The number of rotatable bonds is 7. The smallest absolute Gasteiger partial charge is 0.322 e. The molecule has 1 aromatic heterocycles. The molecule has 0 aliphatic rings. The van der Waals surface area contributed by atoms with Gasteiger partial charge in [0.25, 0.3) is 5.56 Å². The molecule has 0 bridgehead atoms. The number of para-hydroxylation sites is 3. The predicted octanol–water partition coefficient (Wildman–Crippen LogP) is 6.05. The number of nitrogens with zero attached hydrogens (tertiary/aromatic N) is 3. The SMILES string of the molecule is CCOc1ccccc1-n1c(C(C)N(CC)C(=O)Nc2ccc(Cl)cc2)nc2ccccc2c1=O. The second kappa shape index (κ2) is 10.6. The van der Waals surface area contributed by atoms with Gasteiger partial charge in [0.05, 0.1) is 29.2 Å². The maximum absolute atomic E-state index is 13.8. The average Bonchev–Trinajstić information content (AvgIpc) is 2.86. The van der Waals surface area contributed by atoms with Crippen LogP contribution >= 0.6 is 11.6 Å². The van der Waals surface area contributed by atoms with E-state index in [2.05, 4.69) is 5.32 Å². The highest BCUT2D eigenvalue weighted by Gasteiger charge is 2.27. The van der Waals surface area contributed by atoms with E-state index in [0.29, 0.717) is 52.0 Å². The van der Waals surface area contributed by atoms with Crippen molar-refractivity contribution < 1.29 is 9.53 Å². The third kappa shape index (κ3) is 5.00. The van der Waals surface area contributed by atoms with Crippen LogP contribution in [0.25, 0.3) is 16.6 Å². The van der Waals surface area contributed by atoms with E-state index in [9.17, 15) is 9.59 Å². The summed E-state index contributed by atoms with van der Waals surface area (Å²) in [6.45, 7) is 6.48. The van der Waals surface area contributed by atoms with Crippen LogP contribution in [0.15, 0.2) is 77.6 Å². The van der Waals surface area contributed by atoms with Crippen LogP contribution < -0.4 is 15.6 Å². The zero-order valence-electron chi connectivity index (χ0n) is 19.9. The van der Waals surface area contributed by atoms with Crippen LogP contribution in [-0.2, 0) is 0 Å². The summed E-state index contributed by atoms with van der Waals surface area (Å²) in [5, 5.41) is 3.98. The average molecular weight is 491 g/mol. The van der Waals surface area contributed by atoms with Crippen LogP contribution in [0.2, 0.25) is 5.02 Å². The molecule has 1 heterocycles. The molecule has 3 aromatic carbocycles. The number of benzene rings is 3. The molecule has 1 atom stereocenters. The van der Waals surface area contributed by atoms with Crippen LogP contribution in [0.5, 0.6) is 5.75 Å². The van der Waals surface area contributed by atoms with Crippen molar-refractivity contribution in [2.45, 2.75) is 26.8 Å². The van der Waals surface area contributed by atoms with Crippen molar-refractivity contribution in [3.8, 4) is 11.4 Å². The Kier molecular flexibility index (Phi) is 7.36. The van der Waals surface area contributed by atoms with E-state index in [4.69, 9.17) is 21.3 Å². The maximum Gasteiger partial charge on any atom is 0.322 e. The maximum atomic E-state index is 13.8. The van der Waals surface area contributed by atoms with Gasteiger partial charge in [-0.05, 0) is 69.3 Å². The second-order valence-corrected chi connectivity index (χ2v) is 8.36. The molecule has 0 spiro atoms. The summed E-state index contributed by atoms with van der Waals surface area (Å²) < 4.78 is 7.38. The van der Waals surface area contributed by atoms with Crippen LogP contribution in [0, 0.1) is 0 Å². The first-order valence-corrected chi connectivity index (χ1v) is 11.9. The van der Waals surface area contributed by atoms with E-state index < -0.39 is 6.04 Å². The van der Waals surface area contributed by atoms with Crippen molar-refractivity contribution in [1.82, 2.24) is 14.5 Å². The Morgan fingerprint density at radius 1 is 1.06 bits per heavy atom. The number of aromatic nitrogens is 2. The van der Waals surface area contributed by atoms with E-state index in [0.717, 1.165) is 0 Å². The van der Waals surface area contributed by atoms with E-state index >= 15 is 0 Å². The van der Waals surface area contributed by atoms with Crippen LogP contribution in [-0.4, -0.2) is 33.6 Å². The minimum absolute atomic E-state index is 0.223. The number of hydrogen-bond donors (Lipinski definition) is 1. The first-order chi connectivity index (χ1) is 16.9. The van der Waals surface area contributed by atoms with Crippen LogP contribution in [0.1, 0.15) is 32.6 Å². The largest absolute Gasteiger partial charge is 0.492 e. The molecule has 1 unspecified atom stereocenters. The standard InChI is InChI=1S/C27H27ClN4O3/c1-4-31(27(34)29-20-16-14-19(28)15-17-20)18(3)25-30-22-11-7-6-10-21(22)26(33)32(25)23-12-8-9-13-24(23)35-5-2/h6-18H,4-5H2,1-3H3,(H,29,34). The Balaban J connectivity index is 1.84. The van der Waals surface area contributed by atoms with Gasteiger partial charge in [-0.2, -0.15) is 0 Å². The Hall–Kier alpha value is -3.84. The number of ether oxygens (including phenoxy) is 1. The fraction of sp³-hybridized carbons (Fsp3) is 0.222. The zero-order valence-corrected chi connectivity index (χ0v) is 20.6. The summed E-state index contributed by atoms with van der Waals surface area (Å²) in [6.07, 6.45) is 0. The van der Waals surface area contributed by atoms with E-state index in [1.807, 2.05) is 57.2 Å². The number of halogens is 1. The lowest BCUT2D eigenvalue weighted by Gasteiger charge is -2.30. The van der Waals surface area contributed by atoms with E-state index in [1.54, 1.807) is 45.9 Å². The number of carbonyl (C=O) groups is 1. The molecular weight excluding hydrogens is 464 g/mol. The van der Waals surface area contributed by atoms with Crippen LogP contribution in [0.3, 0.4) is 0 Å². The summed E-state index contributed by atoms with van der Waals surface area (Å²) in [5.41, 5.74) is 1.54. The van der Waals surface area contributed by atoms with Gasteiger partial charge in [-0.25, -0.2) is 9.78 Å². The second-order valence-electron chi connectivity index (χ2n) is 7.93. The fourth-order valence-electron chi connectivity index (χ4n) is 4.04. The van der Waals surface area contributed by atoms with Gasteiger partial charge in [0.2, 0.25) is 0 Å². The number of anilines is 1. The Morgan fingerprint density at radius 3 is 2.46 bits per heavy atom. The lowest BCUT2D eigenvalue weighted by atomic mass is 10.2. The molecule has 0 saturated heterocycles. The molecule has 8 heteroatoms. The van der Waals surface area contributed by atoms with E-state index in [-0.39, 0.29) is 11.6 Å². The number of nitrogens with one attached hydrogen (secondary N) is 1. The van der Waals surface area contributed by atoms with Crippen molar-refractivity contribution in [3.05, 3.63) is 94.0 Å². The molecule has 180 valence electrons. The van der Waals surface area contributed by atoms with Gasteiger partial charge >= 0.3 is 6.03 Å². The fourth-order valence-corrected chi connectivity index (χ4v) is 4.17. The lowest BCUT2D eigenvalue weighted by Crippen LogP contribution is -2.39. The molecule has 35 heavy (non-hydrogen) atoms. The summed E-state index contributed by atoms with van der Waals surface area (Å²) in [7, 11) is 0. The number of fused-ring (bicyclic) bond motifs is 1. The molecule has 0 fully saturated rings. The molecule has 2 amide bonds. The minimum atomic E-state index is -0.528. The van der Waals surface area contributed by atoms with Gasteiger partial charge in [0.1, 0.15) is 11.6 Å². The molecule has 7 nitrogen and oxygen atoms in total. The molecule has 0 radical (unpaired) electrons. The molecule has 4 rings (SSSR count). The number of hydrogen-bond acceptors (Lipinski definition) is 4. The van der Waals surface area contributed by atoms with Gasteiger partial charge in [-0.15, -0.1) is 0 Å². The molecule has 0 aliphatic carbocycles. The van der Waals surface area contributed by atoms with Crippen molar-refractivity contribution >= 4 is 34.2 Å². The first kappa shape index (κ1) is 24.3. The Morgan fingerprint density at radius 2 is 1.74 bits per heavy atom. The molecule has 4 aromatic rings. The Bertz CT molecular complexity index is 1400. The topological polar surface area (TPSA) is 76.5 Å². The third-order valence-corrected chi connectivity index (χ3v) is 6.00.